The molecule has 0 radical (unpaired) electrons. The number of carbonyl (C=O) groups excluding carboxylic acids is 3. The molecule has 0 bridgehead atoms. The molecule has 1 saturated carbocycles. The summed E-state index contributed by atoms with van der Waals surface area (Å²) in [5.74, 6) is -1.43. The Hall–Kier alpha value is -3.52. The van der Waals surface area contributed by atoms with Crippen LogP contribution in [-0.4, -0.2) is 35.5 Å². The van der Waals surface area contributed by atoms with Gasteiger partial charge in [0.25, 0.3) is 11.8 Å². The Bertz CT molecular complexity index is 1020. The Morgan fingerprint density at radius 3 is 2.39 bits per heavy atom. The highest BCUT2D eigenvalue weighted by molar-refractivity contribution is 6.24. The lowest BCUT2D eigenvalue weighted by molar-refractivity contribution is -0.129. The number of hydrogen-bond acceptors (Lipinski definition) is 4. The fraction of sp³-hybridized carbons (Fsp3) is 0.320. The molecular weight excluding hydrogens is 425 g/mol. The van der Waals surface area contributed by atoms with Crippen LogP contribution in [-0.2, 0) is 9.59 Å². The van der Waals surface area contributed by atoms with Gasteiger partial charge < -0.3 is 10.6 Å². The van der Waals surface area contributed by atoms with Crippen LogP contribution in [0.4, 0.5) is 4.39 Å². The van der Waals surface area contributed by atoms with Crippen LogP contribution in [0.1, 0.15) is 60.0 Å². The molecule has 0 aliphatic heterocycles. The summed E-state index contributed by atoms with van der Waals surface area (Å²) in [7, 11) is 0. The average molecular weight is 454 g/mol. The molecule has 0 saturated heterocycles. The van der Waals surface area contributed by atoms with Gasteiger partial charge in [-0.25, -0.2) is 9.87 Å². The zero-order valence-electron chi connectivity index (χ0n) is 18.3. The van der Waals surface area contributed by atoms with E-state index >= 15 is 0 Å². The number of hydroxylamine groups is 1. The summed E-state index contributed by atoms with van der Waals surface area (Å²) in [6.07, 6.45) is 5.82. The van der Waals surface area contributed by atoms with Crippen LogP contribution in [0, 0.1) is 5.82 Å². The van der Waals surface area contributed by atoms with Gasteiger partial charge in [-0.15, -0.1) is 0 Å². The molecule has 33 heavy (non-hydrogen) atoms. The maximum absolute atomic E-state index is 14.4. The van der Waals surface area contributed by atoms with Crippen molar-refractivity contribution in [1.82, 2.24) is 16.1 Å². The molecule has 2 aromatic rings. The Balaban J connectivity index is 1.60. The monoisotopic (exact) mass is 453 g/mol. The van der Waals surface area contributed by atoms with E-state index in [1.807, 2.05) is 0 Å². The second-order valence-corrected chi connectivity index (χ2v) is 8.01. The van der Waals surface area contributed by atoms with Crippen LogP contribution in [0.25, 0.3) is 11.6 Å². The van der Waals surface area contributed by atoms with Gasteiger partial charge in [0.1, 0.15) is 5.82 Å². The maximum atomic E-state index is 14.4. The molecular formula is C25H28FN3O4. The third kappa shape index (κ3) is 7.54. The molecule has 1 aliphatic carbocycles. The number of amides is 3. The SMILES string of the molecule is O=C(CCCCCNC(=O)c1ccc(/C=C(/C(=O)NC2CC2)c2ccccc2F)cc1)NO. The van der Waals surface area contributed by atoms with Gasteiger partial charge in [-0.05, 0) is 55.5 Å². The number of halogens is 1. The summed E-state index contributed by atoms with van der Waals surface area (Å²) in [5, 5.41) is 14.2. The summed E-state index contributed by atoms with van der Waals surface area (Å²) in [6.45, 7) is 0.472. The Morgan fingerprint density at radius 1 is 1.00 bits per heavy atom. The molecule has 0 atom stereocenters. The van der Waals surface area contributed by atoms with Gasteiger partial charge in [-0.1, -0.05) is 36.8 Å². The lowest BCUT2D eigenvalue weighted by Crippen LogP contribution is -2.26. The molecule has 0 spiro atoms. The third-order valence-electron chi connectivity index (χ3n) is 5.30. The van der Waals surface area contributed by atoms with Crippen LogP contribution in [0.5, 0.6) is 0 Å². The van der Waals surface area contributed by atoms with Gasteiger partial charge in [-0.2, -0.15) is 0 Å². The predicted octanol–water partition coefficient (Wildman–Crippen LogP) is 3.44. The van der Waals surface area contributed by atoms with Crippen molar-refractivity contribution in [3.05, 3.63) is 71.0 Å². The second kappa shape index (κ2) is 11.9. The van der Waals surface area contributed by atoms with Gasteiger partial charge in [0, 0.05) is 30.1 Å². The number of rotatable bonds is 11. The van der Waals surface area contributed by atoms with Crippen molar-refractivity contribution < 1.29 is 24.0 Å². The molecule has 0 aromatic heterocycles. The standard InChI is InChI=1S/C25H28FN3O4/c26-22-7-4-3-6-20(22)21(25(32)28-19-13-14-19)16-17-9-11-18(12-10-17)24(31)27-15-5-1-2-8-23(30)29-33/h3-4,6-7,9-12,16,19,33H,1-2,5,8,13-15H2,(H,27,31)(H,28,32)(H,29,30)/b21-16+. The quantitative estimate of drug-likeness (QED) is 0.137. The maximum Gasteiger partial charge on any atom is 0.252 e. The van der Waals surface area contributed by atoms with Crippen LogP contribution in [0.3, 0.4) is 0 Å². The molecule has 3 amide bonds. The summed E-state index contributed by atoms with van der Waals surface area (Å²) < 4.78 is 14.4. The highest BCUT2D eigenvalue weighted by Crippen LogP contribution is 2.25. The van der Waals surface area contributed by atoms with Crippen LogP contribution >= 0.6 is 0 Å². The third-order valence-corrected chi connectivity index (χ3v) is 5.30. The Morgan fingerprint density at radius 2 is 1.73 bits per heavy atom. The van der Waals surface area contributed by atoms with E-state index in [4.69, 9.17) is 5.21 Å². The zero-order valence-corrected chi connectivity index (χ0v) is 18.3. The van der Waals surface area contributed by atoms with Gasteiger partial charge in [-0.3, -0.25) is 19.6 Å². The first-order valence-electron chi connectivity index (χ1n) is 11.1. The van der Waals surface area contributed by atoms with Crippen molar-refractivity contribution in [3.8, 4) is 0 Å². The predicted molar refractivity (Wildman–Crippen MR) is 123 cm³/mol. The van der Waals surface area contributed by atoms with E-state index in [9.17, 15) is 18.8 Å². The minimum Gasteiger partial charge on any atom is -0.352 e. The molecule has 0 unspecified atom stereocenters. The molecule has 2 aromatic carbocycles. The summed E-state index contributed by atoms with van der Waals surface area (Å²) in [6, 6.07) is 13.1. The van der Waals surface area contributed by atoms with E-state index < -0.39 is 11.7 Å². The summed E-state index contributed by atoms with van der Waals surface area (Å²) >= 11 is 0. The molecule has 3 rings (SSSR count). The summed E-state index contributed by atoms with van der Waals surface area (Å²) in [5.41, 5.74) is 3.21. The first-order chi connectivity index (χ1) is 16.0. The molecule has 4 N–H and O–H groups in total. The number of hydrogen-bond donors (Lipinski definition) is 4. The number of benzene rings is 2. The van der Waals surface area contributed by atoms with Crippen molar-refractivity contribution in [1.29, 1.82) is 0 Å². The van der Waals surface area contributed by atoms with E-state index in [0.29, 0.717) is 30.5 Å². The normalized spacial score (nSPS) is 13.3. The van der Waals surface area contributed by atoms with E-state index in [1.54, 1.807) is 54.0 Å². The largest absolute Gasteiger partial charge is 0.352 e. The molecule has 0 heterocycles. The number of unbranched alkanes of at least 4 members (excludes halogenated alkanes) is 2. The average Bonchev–Trinajstić information content (AvgIpc) is 3.64. The Labute approximate surface area is 192 Å². The van der Waals surface area contributed by atoms with Gasteiger partial charge >= 0.3 is 0 Å². The summed E-state index contributed by atoms with van der Waals surface area (Å²) in [4.78, 5) is 36.0. The fourth-order valence-electron chi connectivity index (χ4n) is 3.28. The van der Waals surface area contributed by atoms with Crippen molar-refractivity contribution in [3.63, 3.8) is 0 Å². The molecule has 8 heteroatoms. The topological polar surface area (TPSA) is 108 Å². The highest BCUT2D eigenvalue weighted by Gasteiger charge is 2.26. The zero-order chi connectivity index (χ0) is 23.6. The number of nitrogens with one attached hydrogen (secondary N) is 3. The van der Waals surface area contributed by atoms with Gasteiger partial charge in [0.2, 0.25) is 5.91 Å². The second-order valence-electron chi connectivity index (χ2n) is 8.01. The van der Waals surface area contributed by atoms with Crippen LogP contribution < -0.4 is 16.1 Å². The smallest absolute Gasteiger partial charge is 0.252 e. The first-order valence-corrected chi connectivity index (χ1v) is 11.1. The number of carbonyl (C=O) groups is 3. The highest BCUT2D eigenvalue weighted by atomic mass is 19.1. The van der Waals surface area contributed by atoms with E-state index in [1.165, 1.54) is 6.07 Å². The minimum absolute atomic E-state index is 0.144. The Kier molecular flexibility index (Phi) is 8.71. The fourth-order valence-corrected chi connectivity index (χ4v) is 3.28. The van der Waals surface area contributed by atoms with E-state index in [2.05, 4.69) is 10.6 Å². The lowest BCUT2D eigenvalue weighted by atomic mass is 10.0. The van der Waals surface area contributed by atoms with Gasteiger partial charge in [0.15, 0.2) is 0 Å². The van der Waals surface area contributed by atoms with E-state index in [-0.39, 0.29) is 35.4 Å². The van der Waals surface area contributed by atoms with E-state index in [0.717, 1.165) is 19.3 Å². The van der Waals surface area contributed by atoms with Crippen molar-refractivity contribution in [2.45, 2.75) is 44.6 Å². The molecule has 1 aliphatic rings. The lowest BCUT2D eigenvalue weighted by Gasteiger charge is -2.10. The van der Waals surface area contributed by atoms with Crippen molar-refractivity contribution in [2.75, 3.05) is 6.54 Å². The first kappa shape index (κ1) is 24.1. The molecule has 174 valence electrons. The molecule has 1 fully saturated rings. The van der Waals surface area contributed by atoms with Crippen molar-refractivity contribution in [2.24, 2.45) is 0 Å². The minimum atomic E-state index is -0.470. The van der Waals surface area contributed by atoms with Crippen molar-refractivity contribution >= 4 is 29.4 Å². The van der Waals surface area contributed by atoms with Gasteiger partial charge in [0.05, 0.1) is 5.57 Å². The van der Waals surface area contributed by atoms with Crippen LogP contribution in [0.2, 0.25) is 0 Å². The van der Waals surface area contributed by atoms with Crippen LogP contribution in [0.15, 0.2) is 48.5 Å². The molecule has 7 nitrogen and oxygen atoms in total.